The van der Waals surface area contributed by atoms with Gasteiger partial charge < -0.3 is 5.32 Å². The summed E-state index contributed by atoms with van der Waals surface area (Å²) in [4.78, 5) is 0. The topological polar surface area (TPSA) is 12.0 Å². The SMILES string of the molecule is Fc1ccc(F)c(C2CNC2)c1Cl. The van der Waals surface area contributed by atoms with Gasteiger partial charge in [0.15, 0.2) is 0 Å². The Bertz CT molecular complexity index is 337. The van der Waals surface area contributed by atoms with E-state index < -0.39 is 11.6 Å². The van der Waals surface area contributed by atoms with Gasteiger partial charge >= 0.3 is 0 Å². The van der Waals surface area contributed by atoms with Crippen molar-refractivity contribution in [2.45, 2.75) is 5.92 Å². The first-order valence-electron chi connectivity index (χ1n) is 4.04. The Labute approximate surface area is 79.7 Å². The quantitative estimate of drug-likeness (QED) is 0.691. The van der Waals surface area contributed by atoms with E-state index in [1.54, 1.807) is 0 Å². The zero-order valence-electron chi connectivity index (χ0n) is 6.78. The summed E-state index contributed by atoms with van der Waals surface area (Å²) in [6.45, 7) is 1.33. The second kappa shape index (κ2) is 3.24. The second-order valence-electron chi connectivity index (χ2n) is 3.11. The molecule has 4 heteroatoms. The Morgan fingerprint density at radius 1 is 1.23 bits per heavy atom. The van der Waals surface area contributed by atoms with Gasteiger partial charge in [-0.05, 0) is 12.1 Å². The molecule has 0 aliphatic carbocycles. The summed E-state index contributed by atoms with van der Waals surface area (Å²) < 4.78 is 26.2. The minimum absolute atomic E-state index is 0.0169. The molecule has 13 heavy (non-hydrogen) atoms. The summed E-state index contributed by atoms with van der Waals surface area (Å²) in [5.41, 5.74) is 0.306. The lowest BCUT2D eigenvalue weighted by atomic mass is 9.93. The first kappa shape index (κ1) is 8.91. The number of nitrogens with one attached hydrogen (secondary N) is 1. The molecule has 0 radical (unpaired) electrons. The molecule has 1 aliphatic rings. The van der Waals surface area contributed by atoms with E-state index >= 15 is 0 Å². The fourth-order valence-electron chi connectivity index (χ4n) is 1.41. The van der Waals surface area contributed by atoms with E-state index in [9.17, 15) is 8.78 Å². The average Bonchev–Trinajstić information content (AvgIpc) is 2.02. The molecule has 1 aliphatic heterocycles. The van der Waals surface area contributed by atoms with Crippen LogP contribution in [0.1, 0.15) is 11.5 Å². The maximum Gasteiger partial charge on any atom is 0.142 e. The number of rotatable bonds is 1. The van der Waals surface area contributed by atoms with Crippen LogP contribution in [0.25, 0.3) is 0 Å². The molecule has 0 saturated carbocycles. The van der Waals surface area contributed by atoms with Crippen LogP contribution in [0.5, 0.6) is 0 Å². The normalized spacial score (nSPS) is 17.2. The van der Waals surface area contributed by atoms with Gasteiger partial charge in [-0.1, -0.05) is 11.6 Å². The zero-order chi connectivity index (χ0) is 9.42. The number of benzene rings is 1. The molecule has 0 atom stereocenters. The molecule has 1 fully saturated rings. The lowest BCUT2D eigenvalue weighted by Gasteiger charge is -2.28. The van der Waals surface area contributed by atoms with Gasteiger partial charge in [0, 0.05) is 24.6 Å². The fourth-order valence-corrected chi connectivity index (χ4v) is 1.72. The van der Waals surface area contributed by atoms with Crippen molar-refractivity contribution in [2.24, 2.45) is 0 Å². The molecule has 0 unspecified atom stereocenters. The van der Waals surface area contributed by atoms with Crippen LogP contribution in [0, 0.1) is 11.6 Å². The van der Waals surface area contributed by atoms with Crippen LogP contribution >= 0.6 is 11.6 Å². The van der Waals surface area contributed by atoms with E-state index in [4.69, 9.17) is 11.6 Å². The summed E-state index contributed by atoms with van der Waals surface area (Å²) in [6.07, 6.45) is 0. The highest BCUT2D eigenvalue weighted by Gasteiger charge is 2.26. The van der Waals surface area contributed by atoms with E-state index in [0.717, 1.165) is 12.1 Å². The molecule has 1 saturated heterocycles. The summed E-state index contributed by atoms with van der Waals surface area (Å²) >= 11 is 5.66. The van der Waals surface area contributed by atoms with E-state index in [2.05, 4.69) is 5.32 Å². The number of hydrogen-bond donors (Lipinski definition) is 1. The number of halogens is 3. The van der Waals surface area contributed by atoms with Crippen LogP contribution in [-0.2, 0) is 0 Å². The Morgan fingerprint density at radius 2 is 1.85 bits per heavy atom. The molecule has 1 aromatic carbocycles. The smallest absolute Gasteiger partial charge is 0.142 e. The zero-order valence-corrected chi connectivity index (χ0v) is 7.54. The van der Waals surface area contributed by atoms with Crippen molar-refractivity contribution < 1.29 is 8.78 Å². The standard InChI is InChI=1S/C9H8ClF2N/c10-9-7(12)2-1-6(11)8(9)5-3-13-4-5/h1-2,5,13H,3-4H2. The summed E-state index contributed by atoms with van der Waals surface area (Å²) in [7, 11) is 0. The van der Waals surface area contributed by atoms with Gasteiger partial charge in [0.25, 0.3) is 0 Å². The number of hydrogen-bond acceptors (Lipinski definition) is 1. The van der Waals surface area contributed by atoms with Gasteiger partial charge in [-0.2, -0.15) is 0 Å². The van der Waals surface area contributed by atoms with Gasteiger partial charge in [0.05, 0.1) is 5.02 Å². The minimum atomic E-state index is -0.551. The van der Waals surface area contributed by atoms with Crippen LogP contribution < -0.4 is 5.32 Å². The van der Waals surface area contributed by atoms with Gasteiger partial charge in [0.1, 0.15) is 11.6 Å². The Morgan fingerprint density at radius 3 is 2.38 bits per heavy atom. The van der Waals surface area contributed by atoms with Crippen molar-refractivity contribution in [3.8, 4) is 0 Å². The first-order valence-corrected chi connectivity index (χ1v) is 4.42. The maximum absolute atomic E-state index is 13.2. The van der Waals surface area contributed by atoms with E-state index in [-0.39, 0.29) is 10.9 Å². The molecule has 1 heterocycles. The molecule has 0 spiro atoms. The highest BCUT2D eigenvalue weighted by molar-refractivity contribution is 6.31. The van der Waals surface area contributed by atoms with Crippen LogP contribution in [0.4, 0.5) is 8.78 Å². The van der Waals surface area contributed by atoms with Crippen molar-refractivity contribution in [2.75, 3.05) is 13.1 Å². The highest BCUT2D eigenvalue weighted by Crippen LogP contribution is 2.31. The van der Waals surface area contributed by atoms with Crippen molar-refractivity contribution in [1.82, 2.24) is 5.32 Å². The Kier molecular flexibility index (Phi) is 2.22. The van der Waals surface area contributed by atoms with Crippen molar-refractivity contribution in [3.05, 3.63) is 34.4 Å². The van der Waals surface area contributed by atoms with Crippen LogP contribution in [0.2, 0.25) is 5.02 Å². The third-order valence-corrected chi connectivity index (χ3v) is 2.65. The predicted octanol–water partition coefficient (Wildman–Crippen LogP) is 2.31. The van der Waals surface area contributed by atoms with Crippen molar-refractivity contribution in [3.63, 3.8) is 0 Å². The molecular weight excluding hydrogens is 196 g/mol. The average molecular weight is 204 g/mol. The second-order valence-corrected chi connectivity index (χ2v) is 3.49. The van der Waals surface area contributed by atoms with Gasteiger partial charge in [0.2, 0.25) is 0 Å². The lowest BCUT2D eigenvalue weighted by molar-refractivity contribution is 0.428. The Balaban J connectivity index is 2.46. The molecule has 70 valence electrons. The first-order chi connectivity index (χ1) is 6.20. The minimum Gasteiger partial charge on any atom is -0.315 e. The third kappa shape index (κ3) is 1.42. The monoisotopic (exact) mass is 203 g/mol. The van der Waals surface area contributed by atoms with Gasteiger partial charge in [-0.15, -0.1) is 0 Å². The van der Waals surface area contributed by atoms with Crippen molar-refractivity contribution in [1.29, 1.82) is 0 Å². The van der Waals surface area contributed by atoms with E-state index in [1.165, 1.54) is 0 Å². The molecule has 0 bridgehead atoms. The summed E-state index contributed by atoms with van der Waals surface area (Å²) in [5.74, 6) is -0.953. The maximum atomic E-state index is 13.2. The molecule has 0 aromatic heterocycles. The molecule has 1 aromatic rings. The lowest BCUT2D eigenvalue weighted by Crippen LogP contribution is -2.40. The molecular formula is C9H8ClF2N. The molecule has 0 amide bonds. The summed E-state index contributed by atoms with van der Waals surface area (Å²) in [5, 5.41) is 2.91. The van der Waals surface area contributed by atoms with Gasteiger partial charge in [-0.25, -0.2) is 8.78 Å². The predicted molar refractivity (Wildman–Crippen MR) is 47.0 cm³/mol. The fraction of sp³-hybridized carbons (Fsp3) is 0.333. The van der Waals surface area contributed by atoms with E-state index in [0.29, 0.717) is 18.7 Å². The molecule has 1 N–H and O–H groups in total. The van der Waals surface area contributed by atoms with Crippen LogP contribution in [-0.4, -0.2) is 13.1 Å². The third-order valence-electron chi connectivity index (χ3n) is 2.27. The van der Waals surface area contributed by atoms with Gasteiger partial charge in [-0.3, -0.25) is 0 Å². The van der Waals surface area contributed by atoms with Crippen LogP contribution in [0.15, 0.2) is 12.1 Å². The largest absolute Gasteiger partial charge is 0.315 e. The summed E-state index contributed by atoms with van der Waals surface area (Å²) in [6, 6.07) is 2.17. The Hall–Kier alpha value is -0.670. The van der Waals surface area contributed by atoms with E-state index in [1.807, 2.05) is 0 Å². The van der Waals surface area contributed by atoms with Crippen LogP contribution in [0.3, 0.4) is 0 Å². The molecule has 2 rings (SSSR count). The highest BCUT2D eigenvalue weighted by atomic mass is 35.5. The molecule has 1 nitrogen and oxygen atoms in total. The van der Waals surface area contributed by atoms with Crippen molar-refractivity contribution >= 4 is 11.6 Å².